The molecule has 10 rings (SSSR count). The smallest absolute Gasteiger partial charge is 0.366 e. The van der Waals surface area contributed by atoms with Crippen LogP contribution in [0, 0.1) is 24.7 Å². The average Bonchev–Trinajstić information content (AvgIpc) is 3.69. The van der Waals surface area contributed by atoms with Gasteiger partial charge in [-0.1, -0.05) is 149 Å². The second kappa shape index (κ2) is 21.4. The van der Waals surface area contributed by atoms with E-state index in [-0.39, 0.29) is 60.5 Å². The summed E-state index contributed by atoms with van der Waals surface area (Å²) >= 11 is 0. The molecule has 7 aromatic carbocycles. The molecule has 65 heavy (non-hydrogen) atoms. The van der Waals surface area contributed by atoms with Crippen molar-refractivity contribution >= 4 is 31.8 Å². The topological polar surface area (TPSA) is 0 Å². The number of hydrogen-bond acceptors (Lipinski definition) is 0. The van der Waals surface area contributed by atoms with Crippen LogP contribution in [0.25, 0.3) is 22.3 Å². The van der Waals surface area contributed by atoms with Crippen molar-refractivity contribution in [1.82, 2.24) is 0 Å². The number of allylic oxidation sites excluding steroid dienone is 4. The first-order valence-corrected chi connectivity index (χ1v) is 25.1. The maximum Gasteiger partial charge on any atom is 1.00 e. The van der Waals surface area contributed by atoms with Crippen LogP contribution < -0.4 is 15.9 Å². The molecule has 0 saturated carbocycles. The third-order valence-corrected chi connectivity index (χ3v) is 20.9. The summed E-state index contributed by atoms with van der Waals surface area (Å²) in [5.74, 6) is 4.94. The van der Waals surface area contributed by atoms with E-state index in [1.165, 1.54) is 73.3 Å². The van der Waals surface area contributed by atoms with E-state index in [9.17, 15) is 0 Å². The van der Waals surface area contributed by atoms with Crippen molar-refractivity contribution in [1.29, 1.82) is 0 Å². The van der Waals surface area contributed by atoms with Crippen LogP contribution in [0.3, 0.4) is 0 Å². The first kappa shape index (κ1) is 49.9. The summed E-state index contributed by atoms with van der Waals surface area (Å²) in [6.45, 7) is 14.0. The summed E-state index contributed by atoms with van der Waals surface area (Å²) in [6.07, 6.45) is 24.1. The Kier molecular flexibility index (Phi) is 16.4. The molecule has 0 amide bonds. The molecule has 7 aromatic rings. The fourth-order valence-corrected chi connectivity index (χ4v) is 18.6. The molecule has 4 heteroatoms. The van der Waals surface area contributed by atoms with Crippen molar-refractivity contribution in [3.05, 3.63) is 246 Å². The minimum atomic E-state index is -0.999. The Morgan fingerprint density at radius 2 is 0.815 bits per heavy atom. The predicted octanol–water partition coefficient (Wildman–Crippen LogP) is 14.2. The predicted molar refractivity (Wildman–Crippen MR) is 276 cm³/mol. The minimum Gasteiger partial charge on any atom is -0.366 e. The van der Waals surface area contributed by atoms with Gasteiger partial charge < -0.3 is 12.8 Å². The largest absolute Gasteiger partial charge is 1.00 e. The third kappa shape index (κ3) is 10.1. The fourth-order valence-electron chi connectivity index (χ4n) is 10.1. The molecule has 0 fully saturated rings. The van der Waals surface area contributed by atoms with Gasteiger partial charge in [0.1, 0.15) is 31.8 Å². The molecule has 3 aliphatic rings. The van der Waals surface area contributed by atoms with E-state index in [2.05, 4.69) is 235 Å². The van der Waals surface area contributed by atoms with Crippen LogP contribution in [0.15, 0.2) is 199 Å². The van der Waals surface area contributed by atoms with Crippen LogP contribution in [0.4, 0.5) is 0 Å². The fraction of sp³-hybridized carbons (Fsp3) is 0.180. The standard InChI is InChI=1S/C27H28P2.2C17H13.2Au/c1-27(2,28(23-15-7-3-8-16-23)24-17-9-4-10-18-24)29(25-19-11-5-12-20-25)26-21-13-6-14-22-26;2*1-4-12-9-10-14-13-7-5-6-8-15(13)17(2,3)16(14)11-12;;/h3-5,7-13,15-22H,6,14H2,1-2H3;2*5-11H,2-3H3;;/q;2*-1;2*+1/p+2. The normalized spacial score (nSPS) is 14.6. The Morgan fingerprint density at radius 3 is 1.20 bits per heavy atom. The molecule has 0 radical (unpaired) electrons. The van der Waals surface area contributed by atoms with E-state index >= 15 is 0 Å². The zero-order valence-corrected chi connectivity index (χ0v) is 44.3. The summed E-state index contributed by atoms with van der Waals surface area (Å²) in [4.78, 5) is 0.187. The molecule has 0 saturated heterocycles. The molecule has 1 unspecified atom stereocenters. The van der Waals surface area contributed by atoms with Gasteiger partial charge in [-0.3, -0.25) is 11.8 Å². The van der Waals surface area contributed by atoms with Crippen molar-refractivity contribution in [2.75, 3.05) is 0 Å². The first-order chi connectivity index (χ1) is 30.5. The molecule has 0 aromatic heterocycles. The van der Waals surface area contributed by atoms with Gasteiger partial charge >= 0.3 is 44.8 Å². The van der Waals surface area contributed by atoms with Gasteiger partial charge in [0, 0.05) is 24.7 Å². The number of hydrogen-bond donors (Lipinski definition) is 0. The maximum atomic E-state index is 7.25. The van der Waals surface area contributed by atoms with E-state index in [1.54, 1.807) is 5.31 Å². The summed E-state index contributed by atoms with van der Waals surface area (Å²) in [7, 11) is -1.97. The molecule has 0 nitrogen and oxygen atoms in total. The van der Waals surface area contributed by atoms with Crippen molar-refractivity contribution < 1.29 is 44.8 Å². The minimum absolute atomic E-state index is 0. The van der Waals surface area contributed by atoms with Crippen LogP contribution in [0.1, 0.15) is 87.8 Å². The summed E-state index contributed by atoms with van der Waals surface area (Å²) < 4.78 is 0. The molecule has 0 heterocycles. The van der Waals surface area contributed by atoms with Gasteiger partial charge in [0.2, 0.25) is 0 Å². The monoisotopic (exact) mass is 1240 g/mol. The van der Waals surface area contributed by atoms with E-state index in [0.29, 0.717) is 0 Å². The molecular formula is C61H56Au2P2+2. The van der Waals surface area contributed by atoms with Crippen LogP contribution in [0.5, 0.6) is 0 Å². The summed E-state index contributed by atoms with van der Waals surface area (Å²) in [5, 5.41) is 6.11. The van der Waals surface area contributed by atoms with Crippen LogP contribution in [-0.2, 0) is 55.6 Å². The van der Waals surface area contributed by atoms with Gasteiger partial charge in [-0.05, 0) is 106 Å². The molecule has 330 valence electrons. The Bertz CT molecular complexity index is 2740. The van der Waals surface area contributed by atoms with Crippen molar-refractivity contribution in [3.8, 4) is 34.1 Å². The second-order valence-electron chi connectivity index (χ2n) is 18.2. The SMILES string of the molecule is CC(C)([PH+](C1=CCCC=C1)c1ccccc1)[PH+](c1ccccc1)c1ccccc1.[Au+].[Au+].[C-]#Cc1ccc2c(c1)C(C)(C)c1ccccc1-2.[C-]#Cc1ccc2c(c1)C(C)(C)c1ccccc1-2. The number of rotatable bonds is 6. The van der Waals surface area contributed by atoms with Crippen LogP contribution in [-0.4, -0.2) is 4.90 Å². The van der Waals surface area contributed by atoms with Crippen molar-refractivity contribution in [2.24, 2.45) is 0 Å². The first-order valence-electron chi connectivity index (χ1n) is 22.1. The Balaban J connectivity index is 0.000000168. The Morgan fingerprint density at radius 1 is 0.446 bits per heavy atom. The molecule has 3 aliphatic carbocycles. The van der Waals surface area contributed by atoms with E-state index in [4.69, 9.17) is 12.8 Å². The van der Waals surface area contributed by atoms with Crippen LogP contribution in [0.2, 0.25) is 0 Å². The average molecular weight is 1250 g/mol. The van der Waals surface area contributed by atoms with Gasteiger partial charge in [0.25, 0.3) is 0 Å². The number of benzene rings is 7. The zero-order valence-electron chi connectivity index (χ0n) is 38.0. The molecular weight excluding hydrogens is 1190 g/mol. The number of fused-ring (bicyclic) bond motifs is 6. The van der Waals surface area contributed by atoms with E-state index in [0.717, 1.165) is 11.1 Å². The van der Waals surface area contributed by atoms with Gasteiger partial charge in [-0.15, -0.1) is 35.4 Å². The van der Waals surface area contributed by atoms with Crippen molar-refractivity contribution in [2.45, 2.75) is 70.1 Å². The van der Waals surface area contributed by atoms with Gasteiger partial charge in [0.15, 0.2) is 4.90 Å². The Labute approximate surface area is 423 Å². The maximum absolute atomic E-state index is 7.25. The van der Waals surface area contributed by atoms with Gasteiger partial charge in [-0.25, -0.2) is 0 Å². The van der Waals surface area contributed by atoms with Crippen molar-refractivity contribution in [3.63, 3.8) is 0 Å². The Hall–Kier alpha value is -4.52. The van der Waals surface area contributed by atoms with Gasteiger partial charge in [-0.2, -0.15) is 0 Å². The zero-order chi connectivity index (χ0) is 44.2. The van der Waals surface area contributed by atoms with E-state index < -0.39 is 15.8 Å². The molecule has 0 aliphatic heterocycles. The van der Waals surface area contributed by atoms with Gasteiger partial charge in [0.05, 0.1) is 5.31 Å². The van der Waals surface area contributed by atoms with Crippen LogP contribution >= 0.6 is 15.8 Å². The summed E-state index contributed by atoms with van der Waals surface area (Å²) in [6, 6.07) is 63.2. The molecule has 0 bridgehead atoms. The third-order valence-electron chi connectivity index (χ3n) is 13.2. The summed E-state index contributed by atoms with van der Waals surface area (Å²) in [5.41, 5.74) is 12.3. The molecule has 0 N–H and O–H groups in total. The quantitative estimate of drug-likeness (QED) is 0.0674. The molecule has 1 atom stereocenters. The molecule has 0 spiro atoms. The second-order valence-corrected chi connectivity index (χ2v) is 25.0. The van der Waals surface area contributed by atoms with E-state index in [1.807, 2.05) is 12.1 Å².